The first kappa shape index (κ1) is 17.9. The lowest BCUT2D eigenvalue weighted by atomic mass is 10.1. The number of nitrogens with zero attached hydrogens (tertiary/aromatic N) is 2. The van der Waals surface area contributed by atoms with E-state index in [2.05, 4.69) is 24.0 Å². The molecule has 2 aliphatic rings. The molecule has 0 aliphatic carbocycles. The van der Waals surface area contributed by atoms with Gasteiger partial charge in [-0.2, -0.15) is 0 Å². The second kappa shape index (κ2) is 6.76. The van der Waals surface area contributed by atoms with E-state index in [-0.39, 0.29) is 11.2 Å². The maximum absolute atomic E-state index is 7.99. The van der Waals surface area contributed by atoms with E-state index in [0.717, 1.165) is 49.4 Å². The lowest BCUT2D eigenvalue weighted by Gasteiger charge is -2.38. The van der Waals surface area contributed by atoms with Gasteiger partial charge in [-0.1, -0.05) is 6.07 Å². The summed E-state index contributed by atoms with van der Waals surface area (Å²) in [6.07, 6.45) is 0. The number of piperazine rings is 1. The van der Waals surface area contributed by atoms with Crippen LogP contribution in [-0.2, 0) is 0 Å². The molecule has 0 spiro atoms. The summed E-state index contributed by atoms with van der Waals surface area (Å²) < 4.78 is 11.6. The first-order valence-corrected chi connectivity index (χ1v) is 9.18. The van der Waals surface area contributed by atoms with E-state index in [1.807, 2.05) is 24.8 Å². The van der Waals surface area contributed by atoms with Crippen LogP contribution < -0.4 is 15.2 Å². The maximum atomic E-state index is 7.99. The van der Waals surface area contributed by atoms with Crippen molar-refractivity contribution in [2.24, 2.45) is 5.73 Å². The molecule has 4 N–H and O–H groups in total. The average Bonchev–Trinajstić information content (AvgIpc) is 2.86. The molecule has 1 saturated heterocycles. The van der Waals surface area contributed by atoms with Crippen LogP contribution >= 0.6 is 11.8 Å². The van der Waals surface area contributed by atoms with Gasteiger partial charge in [0, 0.05) is 46.1 Å². The smallest absolute Gasteiger partial charge is 0.246 e. The van der Waals surface area contributed by atoms with Crippen molar-refractivity contribution < 1.29 is 9.47 Å². The van der Waals surface area contributed by atoms with Crippen LogP contribution in [0.2, 0.25) is 0 Å². The number of fused-ring (bicyclic) bond motifs is 1. The number of amidine groups is 2. The summed E-state index contributed by atoms with van der Waals surface area (Å²) in [5.41, 5.74) is 6.56. The highest BCUT2D eigenvalue weighted by molar-refractivity contribution is 8.26. The standard InChI is InChI=1S/C17H25N5O2S/c1-11(12-4-5-13-14(10-12)24-17(2,3)23-13)21-6-8-22(9-7-21)16(20)25-15(18)19/h4-5,10-11,20H,6-9H2,1-3H3,(H3,18,19). The molecule has 0 bridgehead atoms. The molecule has 2 heterocycles. The molecule has 8 heteroatoms. The summed E-state index contributed by atoms with van der Waals surface area (Å²) in [5.74, 6) is 0.984. The molecule has 1 aromatic carbocycles. The number of thioether (sulfide) groups is 1. The van der Waals surface area contributed by atoms with Crippen molar-refractivity contribution >= 4 is 22.1 Å². The second-order valence-electron chi connectivity index (χ2n) is 6.78. The van der Waals surface area contributed by atoms with E-state index >= 15 is 0 Å². The predicted molar refractivity (Wildman–Crippen MR) is 101 cm³/mol. The van der Waals surface area contributed by atoms with Gasteiger partial charge in [0.05, 0.1) is 0 Å². The number of ether oxygens (including phenoxy) is 2. The number of nitrogens with two attached hydrogens (primary N) is 1. The molecule has 1 unspecified atom stereocenters. The van der Waals surface area contributed by atoms with Gasteiger partial charge in [-0.15, -0.1) is 0 Å². The Balaban J connectivity index is 1.61. The van der Waals surface area contributed by atoms with Crippen LogP contribution in [0.3, 0.4) is 0 Å². The highest BCUT2D eigenvalue weighted by Gasteiger charge is 2.32. The van der Waals surface area contributed by atoms with E-state index < -0.39 is 5.79 Å². The van der Waals surface area contributed by atoms with Crippen molar-refractivity contribution in [1.82, 2.24) is 9.80 Å². The third kappa shape index (κ3) is 4.01. The number of benzene rings is 1. The summed E-state index contributed by atoms with van der Waals surface area (Å²) >= 11 is 1.00. The van der Waals surface area contributed by atoms with Crippen LogP contribution in [0, 0.1) is 10.8 Å². The fourth-order valence-electron chi connectivity index (χ4n) is 3.19. The van der Waals surface area contributed by atoms with Crippen LogP contribution in [0.4, 0.5) is 0 Å². The van der Waals surface area contributed by atoms with Gasteiger partial charge in [0.25, 0.3) is 0 Å². The van der Waals surface area contributed by atoms with Gasteiger partial charge in [-0.3, -0.25) is 15.7 Å². The molecular weight excluding hydrogens is 338 g/mol. The first-order valence-electron chi connectivity index (χ1n) is 8.36. The van der Waals surface area contributed by atoms with Crippen LogP contribution in [0.1, 0.15) is 32.4 Å². The zero-order valence-corrected chi connectivity index (χ0v) is 15.7. The Morgan fingerprint density at radius 2 is 1.80 bits per heavy atom. The number of nitrogens with one attached hydrogen (secondary N) is 2. The van der Waals surface area contributed by atoms with Crippen molar-refractivity contribution in [3.8, 4) is 11.5 Å². The Hall–Kier alpha value is -1.93. The molecule has 1 fully saturated rings. The lowest BCUT2D eigenvalue weighted by Crippen LogP contribution is -2.48. The van der Waals surface area contributed by atoms with Crippen LogP contribution in [0.15, 0.2) is 18.2 Å². The largest absolute Gasteiger partial charge is 0.449 e. The van der Waals surface area contributed by atoms with E-state index in [1.165, 1.54) is 5.56 Å². The molecule has 25 heavy (non-hydrogen) atoms. The molecule has 1 aromatic rings. The first-order chi connectivity index (χ1) is 11.7. The Morgan fingerprint density at radius 3 is 2.44 bits per heavy atom. The molecule has 136 valence electrons. The van der Waals surface area contributed by atoms with Gasteiger partial charge in [-0.05, 0) is 36.4 Å². The van der Waals surface area contributed by atoms with Crippen LogP contribution in [0.5, 0.6) is 11.5 Å². The minimum Gasteiger partial charge on any atom is -0.449 e. The topological polar surface area (TPSA) is 98.7 Å². The van der Waals surface area contributed by atoms with E-state index in [1.54, 1.807) is 0 Å². The van der Waals surface area contributed by atoms with Gasteiger partial charge < -0.3 is 20.1 Å². The quantitative estimate of drug-likeness (QED) is 0.551. The third-order valence-electron chi connectivity index (χ3n) is 4.52. The lowest BCUT2D eigenvalue weighted by molar-refractivity contribution is -0.0431. The van der Waals surface area contributed by atoms with Crippen LogP contribution in [-0.4, -0.2) is 52.1 Å². The molecule has 0 saturated carbocycles. The van der Waals surface area contributed by atoms with E-state index in [4.69, 9.17) is 26.0 Å². The summed E-state index contributed by atoms with van der Waals surface area (Å²) in [5, 5.41) is 15.6. The normalized spacial score (nSPS) is 20.4. The molecule has 7 nitrogen and oxygen atoms in total. The number of rotatable bonds is 2. The van der Waals surface area contributed by atoms with Crippen molar-refractivity contribution in [1.29, 1.82) is 10.8 Å². The number of hydrogen-bond donors (Lipinski definition) is 3. The monoisotopic (exact) mass is 363 g/mol. The Morgan fingerprint density at radius 1 is 1.16 bits per heavy atom. The molecule has 0 radical (unpaired) electrons. The van der Waals surface area contributed by atoms with E-state index in [0.29, 0.717) is 5.17 Å². The van der Waals surface area contributed by atoms with Crippen LogP contribution in [0.25, 0.3) is 0 Å². The maximum Gasteiger partial charge on any atom is 0.246 e. The molecule has 2 aliphatic heterocycles. The molecule has 0 amide bonds. The van der Waals surface area contributed by atoms with Gasteiger partial charge in [-0.25, -0.2) is 0 Å². The van der Waals surface area contributed by atoms with Crippen molar-refractivity contribution in [2.45, 2.75) is 32.6 Å². The molecular formula is C17H25N5O2S. The predicted octanol–water partition coefficient (Wildman–Crippen LogP) is 2.43. The minimum absolute atomic E-state index is 0.0379. The van der Waals surface area contributed by atoms with Crippen molar-refractivity contribution in [3.05, 3.63) is 23.8 Å². The van der Waals surface area contributed by atoms with E-state index in [9.17, 15) is 0 Å². The Kier molecular flexibility index (Phi) is 4.83. The average molecular weight is 363 g/mol. The van der Waals surface area contributed by atoms with Gasteiger partial charge in [0.1, 0.15) is 0 Å². The Bertz CT molecular complexity index is 686. The Labute approximate surface area is 152 Å². The van der Waals surface area contributed by atoms with Crippen molar-refractivity contribution in [2.75, 3.05) is 26.2 Å². The highest BCUT2D eigenvalue weighted by atomic mass is 32.2. The fourth-order valence-corrected chi connectivity index (χ4v) is 3.71. The highest BCUT2D eigenvalue weighted by Crippen LogP contribution is 2.41. The summed E-state index contributed by atoms with van der Waals surface area (Å²) in [6, 6.07) is 6.39. The second-order valence-corrected chi connectivity index (χ2v) is 7.81. The van der Waals surface area contributed by atoms with Gasteiger partial charge >= 0.3 is 0 Å². The summed E-state index contributed by atoms with van der Waals surface area (Å²) in [7, 11) is 0. The molecule has 0 aromatic heterocycles. The summed E-state index contributed by atoms with van der Waals surface area (Å²) in [6.45, 7) is 9.26. The summed E-state index contributed by atoms with van der Waals surface area (Å²) in [4.78, 5) is 4.36. The van der Waals surface area contributed by atoms with Gasteiger partial charge in [0.2, 0.25) is 5.79 Å². The fraction of sp³-hybridized carbons (Fsp3) is 0.529. The molecule has 1 atom stereocenters. The SMILES string of the molecule is CC(c1ccc2c(c1)OC(C)(C)O2)N1CCN(C(=N)SC(=N)N)CC1. The zero-order valence-electron chi connectivity index (χ0n) is 14.8. The number of hydrogen-bond acceptors (Lipinski definition) is 6. The minimum atomic E-state index is -0.607. The zero-order chi connectivity index (χ0) is 18.2. The van der Waals surface area contributed by atoms with Crippen molar-refractivity contribution in [3.63, 3.8) is 0 Å². The third-order valence-corrected chi connectivity index (χ3v) is 5.19. The van der Waals surface area contributed by atoms with Gasteiger partial charge in [0.15, 0.2) is 21.8 Å². The molecule has 3 rings (SSSR count).